The fourth-order valence-electron chi connectivity index (χ4n) is 4.23. The molecule has 0 atom stereocenters. The van der Waals surface area contributed by atoms with E-state index < -0.39 is 0 Å². The number of methoxy groups -OCH3 is 3. The number of benzene rings is 3. The van der Waals surface area contributed by atoms with Crippen molar-refractivity contribution in [2.45, 2.75) is 0 Å². The average molecular weight is 470 g/mol. The fraction of sp³-hybridized carbons (Fsp3) is 0.250. The molecule has 1 fully saturated rings. The van der Waals surface area contributed by atoms with E-state index in [1.165, 1.54) is 0 Å². The van der Waals surface area contributed by atoms with Gasteiger partial charge in [-0.3, -0.25) is 0 Å². The second kappa shape index (κ2) is 10.00. The van der Waals surface area contributed by atoms with Crippen LogP contribution in [0.2, 0.25) is 0 Å². The number of imidazole rings is 1. The number of fused-ring (bicyclic) bond motifs is 1. The summed E-state index contributed by atoms with van der Waals surface area (Å²) < 4.78 is 22.1. The third-order valence-corrected chi connectivity index (χ3v) is 6.00. The maximum absolute atomic E-state index is 5.57. The van der Waals surface area contributed by atoms with Gasteiger partial charge in [-0.25, -0.2) is 4.98 Å². The number of aromatic nitrogens is 2. The molecule has 1 aliphatic rings. The molecular weight excluding hydrogens is 442 g/mol. The summed E-state index contributed by atoms with van der Waals surface area (Å²) in [5.74, 6) is 9.08. The third-order valence-electron chi connectivity index (χ3n) is 6.00. The molecule has 0 radical (unpaired) electrons. The third kappa shape index (κ3) is 4.61. The standard InChI is InChI=1S/C28H27N3O4/c1-32-25-16-21(17-26(33-2)27(25)34-3)28-29-22-15-20(10-9-19-7-5-4-6-8-19)24(18-23(22)30-28)31-11-13-35-14-12-31/h4-8,15-18H,11-14H2,1-3H3,(H,29,30). The second-order valence-electron chi connectivity index (χ2n) is 8.10. The van der Waals surface area contributed by atoms with Crippen LogP contribution in [0.5, 0.6) is 17.2 Å². The summed E-state index contributed by atoms with van der Waals surface area (Å²) in [6.45, 7) is 3.02. The number of anilines is 1. The first kappa shape index (κ1) is 22.6. The van der Waals surface area contributed by atoms with Gasteiger partial charge in [0.05, 0.1) is 56.8 Å². The number of ether oxygens (including phenoxy) is 4. The number of nitrogens with one attached hydrogen (secondary N) is 1. The van der Waals surface area contributed by atoms with E-state index in [0.717, 1.165) is 46.5 Å². The molecule has 0 spiro atoms. The summed E-state index contributed by atoms with van der Waals surface area (Å²) >= 11 is 0. The molecule has 1 N–H and O–H groups in total. The van der Waals surface area contributed by atoms with Gasteiger partial charge in [-0.05, 0) is 36.4 Å². The molecule has 5 rings (SSSR count). The number of rotatable bonds is 5. The maximum atomic E-state index is 5.57. The van der Waals surface area contributed by atoms with Crippen LogP contribution in [0.4, 0.5) is 5.69 Å². The Morgan fingerprint density at radius 3 is 2.26 bits per heavy atom. The van der Waals surface area contributed by atoms with Gasteiger partial charge in [0, 0.05) is 24.2 Å². The number of hydrogen-bond acceptors (Lipinski definition) is 6. The highest BCUT2D eigenvalue weighted by atomic mass is 16.5. The highest BCUT2D eigenvalue weighted by Crippen LogP contribution is 2.41. The summed E-state index contributed by atoms with van der Waals surface area (Å²) in [5, 5.41) is 0. The lowest BCUT2D eigenvalue weighted by atomic mass is 10.1. The highest BCUT2D eigenvalue weighted by Gasteiger charge is 2.19. The van der Waals surface area contributed by atoms with Crippen LogP contribution in [0.3, 0.4) is 0 Å². The molecule has 4 aromatic rings. The van der Waals surface area contributed by atoms with Crippen molar-refractivity contribution < 1.29 is 18.9 Å². The van der Waals surface area contributed by atoms with Crippen molar-refractivity contribution in [2.75, 3.05) is 52.5 Å². The molecule has 178 valence electrons. The predicted octanol–water partition coefficient (Wildman–Crippen LogP) is 4.49. The van der Waals surface area contributed by atoms with Gasteiger partial charge in [-0.2, -0.15) is 0 Å². The number of aromatic amines is 1. The lowest BCUT2D eigenvalue weighted by Gasteiger charge is -2.29. The zero-order valence-corrected chi connectivity index (χ0v) is 20.1. The first-order valence-electron chi connectivity index (χ1n) is 11.4. The van der Waals surface area contributed by atoms with Crippen LogP contribution >= 0.6 is 0 Å². The van der Waals surface area contributed by atoms with E-state index in [9.17, 15) is 0 Å². The number of morpholine rings is 1. The molecule has 0 unspecified atom stereocenters. The van der Waals surface area contributed by atoms with Crippen LogP contribution in [0.25, 0.3) is 22.4 Å². The summed E-state index contributed by atoms with van der Waals surface area (Å²) in [7, 11) is 4.80. The van der Waals surface area contributed by atoms with Crippen molar-refractivity contribution in [3.63, 3.8) is 0 Å². The Hall–Kier alpha value is -4.15. The minimum Gasteiger partial charge on any atom is -0.493 e. The predicted molar refractivity (Wildman–Crippen MR) is 137 cm³/mol. The Kier molecular flexibility index (Phi) is 6.47. The van der Waals surface area contributed by atoms with Crippen molar-refractivity contribution in [2.24, 2.45) is 0 Å². The van der Waals surface area contributed by atoms with E-state index >= 15 is 0 Å². The van der Waals surface area contributed by atoms with Gasteiger partial charge in [-0.1, -0.05) is 30.0 Å². The molecule has 0 saturated carbocycles. The molecule has 2 heterocycles. The second-order valence-corrected chi connectivity index (χ2v) is 8.10. The van der Waals surface area contributed by atoms with Crippen LogP contribution in [-0.4, -0.2) is 57.6 Å². The van der Waals surface area contributed by atoms with Crippen molar-refractivity contribution in [3.05, 3.63) is 65.7 Å². The normalized spacial score (nSPS) is 13.3. The Labute approximate surface area is 204 Å². The summed E-state index contributed by atoms with van der Waals surface area (Å²) in [4.78, 5) is 10.6. The van der Waals surface area contributed by atoms with Gasteiger partial charge in [0.25, 0.3) is 0 Å². The van der Waals surface area contributed by atoms with Crippen molar-refractivity contribution >= 4 is 16.7 Å². The molecule has 7 heteroatoms. The summed E-state index contributed by atoms with van der Waals surface area (Å²) in [5.41, 5.74) is 5.59. The fourth-order valence-corrected chi connectivity index (χ4v) is 4.23. The Morgan fingerprint density at radius 1 is 0.886 bits per heavy atom. The van der Waals surface area contributed by atoms with E-state index in [-0.39, 0.29) is 0 Å². The Bertz CT molecular complexity index is 1370. The molecule has 35 heavy (non-hydrogen) atoms. The van der Waals surface area contributed by atoms with Gasteiger partial charge in [-0.15, -0.1) is 0 Å². The van der Waals surface area contributed by atoms with Crippen LogP contribution in [-0.2, 0) is 4.74 Å². The molecule has 7 nitrogen and oxygen atoms in total. The molecule has 3 aromatic carbocycles. The Morgan fingerprint density at radius 2 is 1.60 bits per heavy atom. The number of nitrogens with zero attached hydrogens (tertiary/aromatic N) is 2. The van der Waals surface area contributed by atoms with E-state index in [2.05, 4.69) is 33.9 Å². The SMILES string of the molecule is COc1cc(-c2nc3cc(N4CCOCC4)c(C#Cc4ccccc4)cc3[nH]2)cc(OC)c1OC. The van der Waals surface area contributed by atoms with Crippen LogP contribution < -0.4 is 19.1 Å². The van der Waals surface area contributed by atoms with Crippen molar-refractivity contribution in [3.8, 4) is 40.5 Å². The topological polar surface area (TPSA) is 68.8 Å². The molecule has 0 bridgehead atoms. The number of H-pyrrole nitrogens is 1. The largest absolute Gasteiger partial charge is 0.493 e. The molecule has 0 aliphatic carbocycles. The minimum atomic E-state index is 0.544. The first-order valence-corrected chi connectivity index (χ1v) is 11.4. The molecule has 0 amide bonds. The quantitative estimate of drug-likeness (QED) is 0.435. The van der Waals surface area contributed by atoms with E-state index in [4.69, 9.17) is 23.9 Å². The maximum Gasteiger partial charge on any atom is 0.203 e. The van der Waals surface area contributed by atoms with Gasteiger partial charge < -0.3 is 28.8 Å². The lowest BCUT2D eigenvalue weighted by molar-refractivity contribution is 0.122. The smallest absolute Gasteiger partial charge is 0.203 e. The van der Waals surface area contributed by atoms with Crippen molar-refractivity contribution in [1.82, 2.24) is 9.97 Å². The van der Waals surface area contributed by atoms with E-state index in [0.29, 0.717) is 36.3 Å². The Balaban J connectivity index is 1.62. The van der Waals surface area contributed by atoms with Gasteiger partial charge in [0.2, 0.25) is 5.75 Å². The van der Waals surface area contributed by atoms with Gasteiger partial charge in [0.15, 0.2) is 11.5 Å². The summed E-state index contributed by atoms with van der Waals surface area (Å²) in [6, 6.07) is 18.0. The van der Waals surface area contributed by atoms with Crippen LogP contribution in [0.1, 0.15) is 11.1 Å². The van der Waals surface area contributed by atoms with Gasteiger partial charge in [0.1, 0.15) is 5.82 Å². The molecule has 1 saturated heterocycles. The minimum absolute atomic E-state index is 0.544. The zero-order chi connectivity index (χ0) is 24.2. The van der Waals surface area contributed by atoms with Crippen molar-refractivity contribution in [1.29, 1.82) is 0 Å². The lowest BCUT2D eigenvalue weighted by Crippen LogP contribution is -2.36. The van der Waals surface area contributed by atoms with Gasteiger partial charge >= 0.3 is 0 Å². The van der Waals surface area contributed by atoms with Crippen LogP contribution in [0.15, 0.2) is 54.6 Å². The molecule has 1 aromatic heterocycles. The average Bonchev–Trinajstić information content (AvgIpc) is 3.34. The van der Waals surface area contributed by atoms with E-state index in [1.807, 2.05) is 42.5 Å². The molecular formula is C28H27N3O4. The molecule has 1 aliphatic heterocycles. The van der Waals surface area contributed by atoms with E-state index in [1.54, 1.807) is 21.3 Å². The monoisotopic (exact) mass is 469 g/mol. The highest BCUT2D eigenvalue weighted by molar-refractivity contribution is 5.87. The van der Waals surface area contributed by atoms with Crippen LogP contribution in [0, 0.1) is 11.8 Å². The number of hydrogen-bond donors (Lipinski definition) is 1. The first-order chi connectivity index (χ1) is 17.2. The zero-order valence-electron chi connectivity index (χ0n) is 20.1. The summed E-state index contributed by atoms with van der Waals surface area (Å²) in [6.07, 6.45) is 0.